The predicted molar refractivity (Wildman–Crippen MR) is 41.6 cm³/mol. The zero-order chi connectivity index (χ0) is 9.14. The molecule has 3 heteroatoms. The van der Waals surface area contributed by atoms with Crippen LogP contribution in [-0.2, 0) is 11.2 Å². The van der Waals surface area contributed by atoms with Crippen LogP contribution in [0.1, 0.15) is 11.1 Å². The summed E-state index contributed by atoms with van der Waals surface area (Å²) in [7, 11) is 0. The molecule has 0 radical (unpaired) electrons. The van der Waals surface area contributed by atoms with Crippen LogP contribution in [-0.4, -0.2) is 11.1 Å². The second-order valence-corrected chi connectivity index (χ2v) is 2.63. The van der Waals surface area contributed by atoms with E-state index in [4.69, 9.17) is 0 Å². The van der Waals surface area contributed by atoms with E-state index < -0.39 is 5.97 Å². The van der Waals surface area contributed by atoms with Crippen LogP contribution >= 0.6 is 0 Å². The highest BCUT2D eigenvalue weighted by molar-refractivity contribution is 5.69. The Morgan fingerprint density at radius 1 is 1.58 bits per heavy atom. The lowest BCUT2D eigenvalue weighted by molar-refractivity contribution is -0.304. The molecule has 0 heterocycles. The Kier molecular flexibility index (Phi) is 2.33. The van der Waals surface area contributed by atoms with Gasteiger partial charge in [-0.3, -0.25) is 0 Å². The second kappa shape index (κ2) is 3.26. The van der Waals surface area contributed by atoms with Crippen LogP contribution in [0, 0.1) is 6.92 Å². The normalized spacial score (nSPS) is 9.75. The molecule has 1 N–H and O–H groups in total. The minimum Gasteiger partial charge on any atom is -0.550 e. The molecule has 3 nitrogen and oxygen atoms in total. The quantitative estimate of drug-likeness (QED) is 0.670. The van der Waals surface area contributed by atoms with E-state index in [2.05, 4.69) is 0 Å². The average molecular weight is 165 g/mol. The number of aryl methyl sites for hydroxylation is 1. The number of carboxylic acids is 1. The maximum Gasteiger partial charge on any atom is 0.122 e. The number of carbonyl (C=O) groups is 1. The predicted octanol–water partition coefficient (Wildman–Crippen LogP) is -0.00698. The van der Waals surface area contributed by atoms with Crippen LogP contribution in [0.4, 0.5) is 0 Å². The second-order valence-electron chi connectivity index (χ2n) is 2.63. The van der Waals surface area contributed by atoms with Gasteiger partial charge >= 0.3 is 0 Å². The zero-order valence-corrected chi connectivity index (χ0v) is 6.70. The van der Waals surface area contributed by atoms with E-state index in [9.17, 15) is 15.0 Å². The Bertz CT molecular complexity index is 305. The van der Waals surface area contributed by atoms with Gasteiger partial charge in [-0.1, -0.05) is 18.2 Å². The fourth-order valence-electron chi connectivity index (χ4n) is 1.02. The molecule has 0 aliphatic carbocycles. The van der Waals surface area contributed by atoms with Gasteiger partial charge in [0.2, 0.25) is 0 Å². The first kappa shape index (κ1) is 8.59. The number of carboxylic acid groups (broad SMARTS) is 1. The summed E-state index contributed by atoms with van der Waals surface area (Å²) < 4.78 is 0. The van der Waals surface area contributed by atoms with Crippen molar-refractivity contribution in [3.63, 3.8) is 0 Å². The Morgan fingerprint density at radius 2 is 2.25 bits per heavy atom. The highest BCUT2D eigenvalue weighted by Gasteiger charge is 2.02. The molecule has 1 aromatic rings. The van der Waals surface area contributed by atoms with Crippen LogP contribution < -0.4 is 5.11 Å². The van der Waals surface area contributed by atoms with Crippen molar-refractivity contribution in [3.05, 3.63) is 29.3 Å². The standard InChI is InChI=1S/C9H10O3/c1-6-3-2-4-7(9(6)12)5-8(10)11/h2-4,12H,5H2,1H3,(H,10,11)/p-1. The maximum atomic E-state index is 10.2. The Balaban J connectivity index is 3.00. The molecule has 0 spiro atoms. The molecule has 0 aliphatic heterocycles. The average Bonchev–Trinajstić information content (AvgIpc) is 1.98. The largest absolute Gasteiger partial charge is 0.550 e. The number of rotatable bonds is 2. The molecular weight excluding hydrogens is 156 g/mol. The summed E-state index contributed by atoms with van der Waals surface area (Å²) >= 11 is 0. The van der Waals surface area contributed by atoms with Gasteiger partial charge in [0.1, 0.15) is 5.75 Å². The Morgan fingerprint density at radius 3 is 2.83 bits per heavy atom. The first-order valence-corrected chi connectivity index (χ1v) is 3.58. The summed E-state index contributed by atoms with van der Waals surface area (Å²) in [5, 5.41) is 19.6. The van der Waals surface area contributed by atoms with Crippen LogP contribution in [0.2, 0.25) is 0 Å². The van der Waals surface area contributed by atoms with Gasteiger partial charge in [-0.2, -0.15) is 0 Å². The molecule has 64 valence electrons. The monoisotopic (exact) mass is 165 g/mol. The third-order valence-electron chi connectivity index (χ3n) is 1.66. The van der Waals surface area contributed by atoms with Crippen molar-refractivity contribution in [2.75, 3.05) is 0 Å². The van der Waals surface area contributed by atoms with Gasteiger partial charge in [0.15, 0.2) is 0 Å². The number of phenolic OH excluding ortho intramolecular Hbond substituents is 1. The molecular formula is C9H9O3-. The number of aliphatic carboxylic acids is 1. The SMILES string of the molecule is Cc1cccc(CC(=O)[O-])c1O. The summed E-state index contributed by atoms with van der Waals surface area (Å²) in [4.78, 5) is 10.2. The van der Waals surface area contributed by atoms with Crippen LogP contribution in [0.5, 0.6) is 5.75 Å². The lowest BCUT2D eigenvalue weighted by Gasteiger charge is -2.06. The fraction of sp³-hybridized carbons (Fsp3) is 0.222. The van der Waals surface area contributed by atoms with E-state index in [1.807, 2.05) is 0 Å². The van der Waals surface area contributed by atoms with Crippen LogP contribution in [0.25, 0.3) is 0 Å². The zero-order valence-electron chi connectivity index (χ0n) is 6.70. The highest BCUT2D eigenvalue weighted by Crippen LogP contribution is 2.21. The van der Waals surface area contributed by atoms with Gasteiger partial charge in [-0.15, -0.1) is 0 Å². The van der Waals surface area contributed by atoms with E-state index in [0.29, 0.717) is 11.1 Å². The summed E-state index contributed by atoms with van der Waals surface area (Å²) in [5.74, 6) is -1.14. The topological polar surface area (TPSA) is 60.4 Å². The molecule has 12 heavy (non-hydrogen) atoms. The number of benzene rings is 1. The van der Waals surface area contributed by atoms with Crippen molar-refractivity contribution in [1.29, 1.82) is 0 Å². The molecule has 0 bridgehead atoms. The molecule has 0 fully saturated rings. The number of hydrogen-bond acceptors (Lipinski definition) is 3. The van der Waals surface area contributed by atoms with Gasteiger partial charge in [0.25, 0.3) is 0 Å². The number of phenols is 1. The molecule has 0 aromatic heterocycles. The first-order chi connectivity index (χ1) is 5.61. The summed E-state index contributed by atoms with van der Waals surface area (Å²) in [5.41, 5.74) is 1.07. The van der Waals surface area contributed by atoms with Gasteiger partial charge in [0, 0.05) is 12.4 Å². The van der Waals surface area contributed by atoms with Crippen molar-refractivity contribution in [1.82, 2.24) is 0 Å². The van der Waals surface area contributed by atoms with Crippen molar-refractivity contribution in [2.45, 2.75) is 13.3 Å². The molecule has 0 atom stereocenters. The maximum absolute atomic E-state index is 10.2. The summed E-state index contributed by atoms with van der Waals surface area (Å²) in [6.07, 6.45) is -0.243. The minimum absolute atomic E-state index is 0.0432. The third kappa shape index (κ3) is 1.75. The number of para-hydroxylation sites is 1. The van der Waals surface area contributed by atoms with Crippen molar-refractivity contribution in [3.8, 4) is 5.75 Å². The molecule has 1 rings (SSSR count). The van der Waals surface area contributed by atoms with Gasteiger partial charge in [-0.05, 0) is 18.1 Å². The van der Waals surface area contributed by atoms with Crippen molar-refractivity contribution in [2.24, 2.45) is 0 Å². The first-order valence-electron chi connectivity index (χ1n) is 3.58. The van der Waals surface area contributed by atoms with Crippen molar-refractivity contribution >= 4 is 5.97 Å². The Labute approximate surface area is 70.3 Å². The van der Waals surface area contributed by atoms with E-state index >= 15 is 0 Å². The van der Waals surface area contributed by atoms with Crippen molar-refractivity contribution < 1.29 is 15.0 Å². The molecule has 1 aromatic carbocycles. The number of aromatic hydroxyl groups is 1. The van der Waals surface area contributed by atoms with E-state index in [0.717, 1.165) is 0 Å². The van der Waals surface area contributed by atoms with Gasteiger partial charge in [-0.25, -0.2) is 0 Å². The molecule has 0 aliphatic rings. The van der Waals surface area contributed by atoms with E-state index in [1.54, 1.807) is 25.1 Å². The lowest BCUT2D eigenvalue weighted by Crippen LogP contribution is -2.24. The highest BCUT2D eigenvalue weighted by atomic mass is 16.4. The molecule has 0 amide bonds. The van der Waals surface area contributed by atoms with Gasteiger partial charge in [0.05, 0.1) is 0 Å². The number of carbonyl (C=O) groups excluding carboxylic acids is 1. The van der Waals surface area contributed by atoms with Gasteiger partial charge < -0.3 is 15.0 Å². The summed E-state index contributed by atoms with van der Waals surface area (Å²) in [6.45, 7) is 1.72. The smallest absolute Gasteiger partial charge is 0.122 e. The van der Waals surface area contributed by atoms with E-state index in [1.165, 1.54) is 0 Å². The van der Waals surface area contributed by atoms with E-state index in [-0.39, 0.29) is 12.2 Å². The Hall–Kier alpha value is -1.51. The lowest BCUT2D eigenvalue weighted by atomic mass is 10.1. The fourth-order valence-corrected chi connectivity index (χ4v) is 1.02. The molecule has 0 saturated carbocycles. The minimum atomic E-state index is -1.18. The molecule has 0 saturated heterocycles. The van der Waals surface area contributed by atoms with Crippen LogP contribution in [0.15, 0.2) is 18.2 Å². The van der Waals surface area contributed by atoms with Crippen LogP contribution in [0.3, 0.4) is 0 Å². The summed E-state index contributed by atoms with van der Waals surface area (Å²) in [6, 6.07) is 4.99. The number of hydrogen-bond donors (Lipinski definition) is 1. The molecule has 0 unspecified atom stereocenters. The third-order valence-corrected chi connectivity index (χ3v) is 1.66.